The molecule has 1 aromatic heterocycles. The van der Waals surface area contributed by atoms with Crippen LogP contribution in [0, 0.1) is 0 Å². The van der Waals surface area contributed by atoms with Gasteiger partial charge in [-0.05, 0) is 55.0 Å². The molecule has 8 heteroatoms. The zero-order chi connectivity index (χ0) is 20.3. The Kier molecular flexibility index (Phi) is 4.04. The zero-order valence-electron chi connectivity index (χ0n) is 15.1. The fourth-order valence-electron chi connectivity index (χ4n) is 4.19. The van der Waals surface area contributed by atoms with Crippen molar-refractivity contribution >= 4 is 31.6 Å². The molecule has 0 amide bonds. The largest absolute Gasteiger partial charge is 0.494 e. The molecule has 0 aliphatic heterocycles. The summed E-state index contributed by atoms with van der Waals surface area (Å²) in [7, 11) is -3.76. The van der Waals surface area contributed by atoms with Crippen LogP contribution in [0.2, 0.25) is 0 Å². The monoisotopic (exact) mass is 472 g/mol. The van der Waals surface area contributed by atoms with E-state index in [2.05, 4.69) is 32.8 Å². The molecular formula is C21H17BrN2O4S. The minimum atomic E-state index is -3.76. The lowest BCUT2D eigenvalue weighted by Crippen LogP contribution is -2.12. The second-order valence-corrected chi connectivity index (χ2v) is 9.85. The van der Waals surface area contributed by atoms with E-state index < -0.39 is 10.0 Å². The van der Waals surface area contributed by atoms with E-state index in [0.717, 1.165) is 22.0 Å². The molecule has 3 aromatic rings. The maximum Gasteiger partial charge on any atom is 0.261 e. The van der Waals surface area contributed by atoms with Crippen molar-refractivity contribution in [2.24, 2.45) is 0 Å². The number of aromatic nitrogens is 1. The molecule has 0 radical (unpaired) electrons. The zero-order valence-corrected chi connectivity index (χ0v) is 17.5. The SMILES string of the molecule is O=S(=O)(Nc1ccc(Br)cc1)c1ccc(-n2c(O)c3c(c2O)[C@@H]2C=CC3C2)cc1. The third kappa shape index (κ3) is 2.86. The number of allylic oxidation sites excluding steroid dienone is 2. The van der Waals surface area contributed by atoms with Gasteiger partial charge in [0, 0.05) is 33.1 Å². The van der Waals surface area contributed by atoms with E-state index >= 15 is 0 Å². The molecule has 6 nitrogen and oxygen atoms in total. The number of nitrogens with one attached hydrogen (secondary N) is 1. The number of hydrogen-bond donors (Lipinski definition) is 3. The Bertz CT molecular complexity index is 1210. The van der Waals surface area contributed by atoms with Gasteiger partial charge in [0.1, 0.15) is 0 Å². The summed E-state index contributed by atoms with van der Waals surface area (Å²) in [6.07, 6.45) is 4.99. The summed E-state index contributed by atoms with van der Waals surface area (Å²) >= 11 is 3.31. The Morgan fingerprint density at radius 2 is 1.45 bits per heavy atom. The standard InChI is InChI=1S/C21H17BrN2O4S/c22-14-3-5-15(6-4-14)23-29(27,28)17-9-7-16(8-10-17)24-20(25)18-12-1-2-13(11-12)19(18)21(24)26/h1-10,12-13,23,25-26H,11H2/t12-,13?/m1/s1. The van der Waals surface area contributed by atoms with Gasteiger partial charge in [0.2, 0.25) is 11.8 Å². The first-order valence-corrected chi connectivity index (χ1v) is 11.4. The predicted molar refractivity (Wildman–Crippen MR) is 113 cm³/mol. The smallest absolute Gasteiger partial charge is 0.261 e. The fraction of sp³-hybridized carbons (Fsp3) is 0.143. The first-order valence-electron chi connectivity index (χ1n) is 9.09. The Morgan fingerprint density at radius 3 is 2.00 bits per heavy atom. The lowest BCUT2D eigenvalue weighted by Gasteiger charge is -2.12. The molecule has 0 spiro atoms. The van der Waals surface area contributed by atoms with E-state index in [1.165, 1.54) is 16.7 Å². The van der Waals surface area contributed by atoms with E-state index in [1.807, 2.05) is 0 Å². The topological polar surface area (TPSA) is 91.6 Å². The minimum Gasteiger partial charge on any atom is -0.494 e. The summed E-state index contributed by atoms with van der Waals surface area (Å²) in [6, 6.07) is 12.9. The molecule has 1 heterocycles. The van der Waals surface area contributed by atoms with Crippen LogP contribution in [-0.2, 0) is 10.0 Å². The predicted octanol–water partition coefficient (Wildman–Crippen LogP) is 4.59. The summed E-state index contributed by atoms with van der Waals surface area (Å²) < 4.78 is 30.0. The summed E-state index contributed by atoms with van der Waals surface area (Å²) in [4.78, 5) is 0.0876. The van der Waals surface area contributed by atoms with Crippen LogP contribution in [-0.4, -0.2) is 23.2 Å². The van der Waals surface area contributed by atoms with Crippen molar-refractivity contribution < 1.29 is 18.6 Å². The van der Waals surface area contributed by atoms with E-state index in [1.54, 1.807) is 36.4 Å². The summed E-state index contributed by atoms with van der Waals surface area (Å²) in [5, 5.41) is 21.4. The Labute approximate surface area is 176 Å². The number of halogens is 1. The first-order chi connectivity index (χ1) is 13.8. The highest BCUT2D eigenvalue weighted by atomic mass is 79.9. The number of benzene rings is 2. The highest BCUT2D eigenvalue weighted by Crippen LogP contribution is 2.57. The highest BCUT2D eigenvalue weighted by molar-refractivity contribution is 9.10. The number of sulfonamides is 1. The van der Waals surface area contributed by atoms with Gasteiger partial charge >= 0.3 is 0 Å². The molecule has 2 bridgehead atoms. The number of nitrogens with zero attached hydrogens (tertiary/aromatic N) is 1. The molecule has 5 rings (SSSR count). The minimum absolute atomic E-state index is 0.0120. The fourth-order valence-corrected chi connectivity index (χ4v) is 5.51. The van der Waals surface area contributed by atoms with Gasteiger partial charge in [0.25, 0.3) is 10.0 Å². The van der Waals surface area contributed by atoms with Crippen LogP contribution in [0.15, 0.2) is 70.1 Å². The maximum absolute atomic E-state index is 12.6. The van der Waals surface area contributed by atoms with Gasteiger partial charge in [0.05, 0.1) is 10.6 Å². The summed E-state index contributed by atoms with van der Waals surface area (Å²) in [5.74, 6) is 0.268. The van der Waals surface area contributed by atoms with Crippen LogP contribution in [0.25, 0.3) is 5.69 Å². The van der Waals surface area contributed by atoms with Gasteiger partial charge in [0.15, 0.2) is 0 Å². The second kappa shape index (κ2) is 6.40. The van der Waals surface area contributed by atoms with E-state index in [9.17, 15) is 18.6 Å². The van der Waals surface area contributed by atoms with Crippen LogP contribution >= 0.6 is 15.9 Å². The summed E-state index contributed by atoms with van der Waals surface area (Å²) in [5.41, 5.74) is 2.49. The highest BCUT2D eigenvalue weighted by Gasteiger charge is 2.41. The van der Waals surface area contributed by atoms with Crippen molar-refractivity contribution in [2.75, 3.05) is 4.72 Å². The van der Waals surface area contributed by atoms with Gasteiger partial charge in [-0.15, -0.1) is 0 Å². The lowest BCUT2D eigenvalue weighted by molar-refractivity contribution is 0.395. The van der Waals surface area contributed by atoms with Gasteiger partial charge in [-0.1, -0.05) is 28.1 Å². The Hall–Kier alpha value is -2.71. The van der Waals surface area contributed by atoms with Gasteiger partial charge in [-0.3, -0.25) is 9.29 Å². The number of rotatable bonds is 4. The molecule has 2 aliphatic rings. The van der Waals surface area contributed by atoms with Crippen LogP contribution < -0.4 is 4.72 Å². The van der Waals surface area contributed by atoms with Crippen LogP contribution in [0.5, 0.6) is 11.8 Å². The van der Waals surface area contributed by atoms with Crippen molar-refractivity contribution in [1.82, 2.24) is 4.57 Å². The molecule has 0 saturated heterocycles. The molecule has 148 valence electrons. The van der Waals surface area contributed by atoms with Crippen molar-refractivity contribution in [1.29, 1.82) is 0 Å². The average molecular weight is 473 g/mol. The van der Waals surface area contributed by atoms with Crippen molar-refractivity contribution in [3.05, 3.63) is 76.3 Å². The quantitative estimate of drug-likeness (QED) is 0.484. The molecule has 29 heavy (non-hydrogen) atoms. The number of fused-ring (bicyclic) bond motifs is 5. The number of aromatic hydroxyl groups is 2. The van der Waals surface area contributed by atoms with E-state index in [0.29, 0.717) is 11.4 Å². The van der Waals surface area contributed by atoms with Crippen LogP contribution in [0.3, 0.4) is 0 Å². The van der Waals surface area contributed by atoms with Crippen molar-refractivity contribution in [2.45, 2.75) is 23.2 Å². The Morgan fingerprint density at radius 1 is 0.897 bits per heavy atom. The number of anilines is 1. The van der Waals surface area contributed by atoms with Gasteiger partial charge in [-0.25, -0.2) is 8.42 Å². The lowest BCUT2D eigenvalue weighted by atomic mass is 10.0. The number of hydrogen-bond acceptors (Lipinski definition) is 4. The first kappa shape index (κ1) is 18.3. The molecule has 0 fully saturated rings. The molecule has 3 N–H and O–H groups in total. The molecular weight excluding hydrogens is 456 g/mol. The maximum atomic E-state index is 12.6. The molecule has 0 saturated carbocycles. The molecule has 2 aliphatic carbocycles. The third-order valence-corrected chi connectivity index (χ3v) is 7.45. The normalized spacial score (nSPS) is 19.5. The van der Waals surface area contributed by atoms with Crippen molar-refractivity contribution in [3.8, 4) is 17.4 Å². The second-order valence-electron chi connectivity index (χ2n) is 7.25. The van der Waals surface area contributed by atoms with Crippen LogP contribution in [0.1, 0.15) is 29.4 Å². The molecule has 1 unspecified atom stereocenters. The van der Waals surface area contributed by atoms with Gasteiger partial charge in [-0.2, -0.15) is 0 Å². The van der Waals surface area contributed by atoms with Crippen LogP contribution in [0.4, 0.5) is 5.69 Å². The summed E-state index contributed by atoms with van der Waals surface area (Å²) in [6.45, 7) is 0. The molecule has 2 aromatic carbocycles. The molecule has 2 atom stereocenters. The van der Waals surface area contributed by atoms with E-state index in [4.69, 9.17) is 0 Å². The Balaban J connectivity index is 1.46. The van der Waals surface area contributed by atoms with Crippen molar-refractivity contribution in [3.63, 3.8) is 0 Å². The third-order valence-electron chi connectivity index (χ3n) is 5.52. The van der Waals surface area contributed by atoms with Gasteiger partial charge < -0.3 is 10.2 Å². The van der Waals surface area contributed by atoms with E-state index in [-0.39, 0.29) is 28.5 Å². The average Bonchev–Trinajstić information content (AvgIpc) is 3.37.